The second-order valence-corrected chi connectivity index (χ2v) is 8.19. The lowest BCUT2D eigenvalue weighted by molar-refractivity contribution is -0.128. The van der Waals surface area contributed by atoms with Crippen LogP contribution in [0.25, 0.3) is 0 Å². The minimum absolute atomic E-state index is 0.0944. The Labute approximate surface area is 167 Å². The summed E-state index contributed by atoms with van der Waals surface area (Å²) in [5.41, 5.74) is 1.41. The van der Waals surface area contributed by atoms with Gasteiger partial charge < -0.3 is 15.1 Å². The lowest BCUT2D eigenvalue weighted by atomic mass is 9.63. The molecule has 0 bridgehead atoms. The number of carboxylic acid groups (broad SMARTS) is 1. The van der Waals surface area contributed by atoms with Crippen LogP contribution in [0.3, 0.4) is 0 Å². The topological polar surface area (TPSA) is 77.8 Å². The van der Waals surface area contributed by atoms with Crippen LogP contribution in [0.1, 0.15) is 67.8 Å². The molecule has 1 saturated carbocycles. The maximum Gasteiger partial charge on any atom is 0.335 e. The fourth-order valence-corrected chi connectivity index (χ4v) is 4.48. The zero-order chi connectivity index (χ0) is 20.1. The predicted molar refractivity (Wildman–Crippen MR) is 108 cm³/mol. The van der Waals surface area contributed by atoms with E-state index in [2.05, 4.69) is 19.1 Å². The first-order chi connectivity index (χ1) is 13.4. The number of nitrogens with zero attached hydrogens (tertiary/aromatic N) is 1. The highest BCUT2D eigenvalue weighted by Gasteiger charge is 2.41. The van der Waals surface area contributed by atoms with Gasteiger partial charge in [-0.25, -0.2) is 4.79 Å². The van der Waals surface area contributed by atoms with E-state index in [1.165, 1.54) is 6.42 Å². The summed E-state index contributed by atoms with van der Waals surface area (Å²) in [5.74, 6) is -0.762. The van der Waals surface area contributed by atoms with Crippen molar-refractivity contribution in [2.75, 3.05) is 6.54 Å². The van der Waals surface area contributed by atoms with E-state index < -0.39 is 5.97 Å². The van der Waals surface area contributed by atoms with Crippen LogP contribution in [0.15, 0.2) is 36.4 Å². The number of benzene rings is 1. The number of carbonyl (C=O) groups is 2. The molecule has 0 radical (unpaired) electrons. The van der Waals surface area contributed by atoms with Gasteiger partial charge >= 0.3 is 5.97 Å². The van der Waals surface area contributed by atoms with Gasteiger partial charge in [-0.3, -0.25) is 4.79 Å². The zero-order valence-electron chi connectivity index (χ0n) is 16.6. The second-order valence-electron chi connectivity index (χ2n) is 8.19. The normalized spacial score (nSPS) is 22.4. The van der Waals surface area contributed by atoms with Crippen LogP contribution in [-0.2, 0) is 11.2 Å². The first-order valence-corrected chi connectivity index (χ1v) is 10.4. The highest BCUT2D eigenvalue weighted by atomic mass is 16.4. The number of rotatable bonds is 9. The van der Waals surface area contributed by atoms with E-state index in [-0.39, 0.29) is 29.0 Å². The molecule has 1 aromatic carbocycles. The van der Waals surface area contributed by atoms with E-state index in [0.29, 0.717) is 25.8 Å². The molecular weight excluding hydrogens is 354 g/mol. The number of aromatic carboxylic acids is 1. The standard InChI is InChI=1S/C23H31NO4/c1-2-23(14-4-15-23)20(25)6-3-5-19-11-12-21(26)24(19)16-13-17-7-9-18(10-8-17)22(27)28/h3,5,7-10,19-20,25H,2,4,6,11-16H2,1H3,(H,27,28)/b5-3+/t19-,20+/m0/s1. The number of amides is 1. The van der Waals surface area contributed by atoms with Gasteiger partial charge in [0.2, 0.25) is 5.91 Å². The monoisotopic (exact) mass is 385 g/mol. The molecule has 0 aromatic heterocycles. The molecular formula is C23H31NO4. The third-order valence-electron chi connectivity index (χ3n) is 6.69. The minimum atomic E-state index is -0.930. The molecule has 152 valence electrons. The van der Waals surface area contributed by atoms with Crippen molar-refractivity contribution in [2.24, 2.45) is 5.41 Å². The smallest absolute Gasteiger partial charge is 0.335 e. The van der Waals surface area contributed by atoms with E-state index >= 15 is 0 Å². The van der Waals surface area contributed by atoms with Gasteiger partial charge in [0.1, 0.15) is 0 Å². The van der Waals surface area contributed by atoms with Gasteiger partial charge in [0.05, 0.1) is 17.7 Å². The number of carbonyl (C=O) groups excluding carboxylic acids is 1. The summed E-state index contributed by atoms with van der Waals surface area (Å²) in [6.07, 6.45) is 11.1. The number of carboxylic acids is 1. The number of hydrogen-bond acceptors (Lipinski definition) is 3. The SMILES string of the molecule is CCC1([C@H](O)C/C=C/[C@H]2CCC(=O)N2CCc2ccc(C(=O)O)cc2)CCC1. The van der Waals surface area contributed by atoms with Crippen molar-refractivity contribution in [1.29, 1.82) is 0 Å². The van der Waals surface area contributed by atoms with Gasteiger partial charge in [-0.2, -0.15) is 0 Å². The molecule has 2 fully saturated rings. The predicted octanol–water partition coefficient (Wildman–Crippen LogP) is 3.81. The van der Waals surface area contributed by atoms with Crippen LogP contribution in [-0.4, -0.2) is 45.7 Å². The molecule has 3 rings (SSSR count). The third-order valence-corrected chi connectivity index (χ3v) is 6.69. The molecule has 28 heavy (non-hydrogen) atoms. The summed E-state index contributed by atoms with van der Waals surface area (Å²) < 4.78 is 0. The van der Waals surface area contributed by atoms with E-state index in [9.17, 15) is 14.7 Å². The fourth-order valence-electron chi connectivity index (χ4n) is 4.48. The van der Waals surface area contributed by atoms with Gasteiger partial charge in [-0.05, 0) is 61.6 Å². The van der Waals surface area contributed by atoms with Crippen molar-refractivity contribution in [3.05, 3.63) is 47.5 Å². The number of likely N-dealkylation sites (tertiary alicyclic amines) is 1. The Balaban J connectivity index is 1.53. The molecule has 1 amide bonds. The summed E-state index contributed by atoms with van der Waals surface area (Å²) in [6, 6.07) is 6.93. The summed E-state index contributed by atoms with van der Waals surface area (Å²) in [5, 5.41) is 19.5. The van der Waals surface area contributed by atoms with Crippen molar-refractivity contribution in [2.45, 2.75) is 70.4 Å². The third kappa shape index (κ3) is 4.46. The van der Waals surface area contributed by atoms with Gasteiger partial charge in [0.25, 0.3) is 0 Å². The second kappa shape index (κ2) is 8.91. The highest BCUT2D eigenvalue weighted by molar-refractivity contribution is 5.87. The van der Waals surface area contributed by atoms with E-state index in [1.807, 2.05) is 17.0 Å². The van der Waals surface area contributed by atoms with Crippen molar-refractivity contribution in [3.63, 3.8) is 0 Å². The van der Waals surface area contributed by atoms with Crippen LogP contribution >= 0.6 is 0 Å². The molecule has 5 nitrogen and oxygen atoms in total. The first kappa shape index (κ1) is 20.6. The van der Waals surface area contributed by atoms with Crippen molar-refractivity contribution in [3.8, 4) is 0 Å². The first-order valence-electron chi connectivity index (χ1n) is 10.4. The molecule has 0 unspecified atom stereocenters. The Bertz CT molecular complexity index is 715. The quantitative estimate of drug-likeness (QED) is 0.634. The highest BCUT2D eigenvalue weighted by Crippen LogP contribution is 2.47. The van der Waals surface area contributed by atoms with Crippen molar-refractivity contribution < 1.29 is 19.8 Å². The molecule has 1 saturated heterocycles. The van der Waals surface area contributed by atoms with Crippen LogP contribution in [0.5, 0.6) is 0 Å². The molecule has 1 heterocycles. The summed E-state index contributed by atoms with van der Waals surface area (Å²) in [7, 11) is 0. The summed E-state index contributed by atoms with van der Waals surface area (Å²) in [4.78, 5) is 25.1. The van der Waals surface area contributed by atoms with Gasteiger partial charge in [-0.15, -0.1) is 0 Å². The molecule has 1 aliphatic carbocycles. The fraction of sp³-hybridized carbons (Fsp3) is 0.565. The van der Waals surface area contributed by atoms with Crippen molar-refractivity contribution >= 4 is 11.9 Å². The molecule has 2 N–H and O–H groups in total. The molecule has 2 aliphatic rings. The number of aliphatic hydroxyl groups excluding tert-OH is 1. The zero-order valence-corrected chi connectivity index (χ0v) is 16.6. The maximum atomic E-state index is 12.3. The minimum Gasteiger partial charge on any atom is -0.478 e. The molecule has 1 aromatic rings. The average molecular weight is 386 g/mol. The molecule has 1 aliphatic heterocycles. The van der Waals surface area contributed by atoms with Crippen molar-refractivity contribution in [1.82, 2.24) is 4.90 Å². The van der Waals surface area contributed by atoms with E-state index in [1.54, 1.807) is 12.1 Å². The van der Waals surface area contributed by atoms with Gasteiger partial charge in [-0.1, -0.05) is 37.6 Å². The Hall–Kier alpha value is -2.14. The summed E-state index contributed by atoms with van der Waals surface area (Å²) >= 11 is 0. The van der Waals surface area contributed by atoms with Crippen LogP contribution in [0, 0.1) is 5.41 Å². The number of aliphatic hydroxyl groups is 1. The lowest BCUT2D eigenvalue weighted by Crippen LogP contribution is -2.40. The Morgan fingerprint density at radius 1 is 1.32 bits per heavy atom. The Morgan fingerprint density at radius 2 is 2.04 bits per heavy atom. The van der Waals surface area contributed by atoms with Crippen LogP contribution < -0.4 is 0 Å². The lowest BCUT2D eigenvalue weighted by Gasteiger charge is -2.45. The molecule has 0 spiro atoms. The number of hydrogen-bond donors (Lipinski definition) is 2. The Kier molecular flexibility index (Phi) is 6.55. The average Bonchev–Trinajstić information content (AvgIpc) is 2.99. The molecule has 2 atom stereocenters. The van der Waals surface area contributed by atoms with Crippen LogP contribution in [0.2, 0.25) is 0 Å². The summed E-state index contributed by atoms with van der Waals surface area (Å²) in [6.45, 7) is 2.79. The molecule has 5 heteroatoms. The van der Waals surface area contributed by atoms with Crippen LogP contribution in [0.4, 0.5) is 0 Å². The van der Waals surface area contributed by atoms with Gasteiger partial charge in [0.15, 0.2) is 0 Å². The van der Waals surface area contributed by atoms with Gasteiger partial charge in [0, 0.05) is 13.0 Å². The maximum absolute atomic E-state index is 12.3. The largest absolute Gasteiger partial charge is 0.478 e. The van der Waals surface area contributed by atoms with E-state index in [4.69, 9.17) is 5.11 Å². The Morgan fingerprint density at radius 3 is 2.61 bits per heavy atom. The van der Waals surface area contributed by atoms with E-state index in [0.717, 1.165) is 31.2 Å².